The minimum Gasteiger partial charge on any atom is -0.497 e. The summed E-state index contributed by atoms with van der Waals surface area (Å²) in [6.45, 7) is 4.22. The molecule has 1 aromatic rings. The van der Waals surface area contributed by atoms with Crippen LogP contribution in [0.3, 0.4) is 0 Å². The first-order valence-electron chi connectivity index (χ1n) is 6.32. The molecule has 2 unspecified atom stereocenters. The molecule has 5 heteroatoms. The van der Waals surface area contributed by atoms with Crippen molar-refractivity contribution in [3.63, 3.8) is 0 Å². The van der Waals surface area contributed by atoms with Gasteiger partial charge in [0.05, 0.1) is 7.11 Å². The van der Waals surface area contributed by atoms with E-state index in [9.17, 15) is 4.79 Å². The Morgan fingerprint density at radius 2 is 2.16 bits per heavy atom. The monoisotopic (exact) mass is 261 g/mol. The summed E-state index contributed by atoms with van der Waals surface area (Å²) >= 11 is 0. The number of benzene rings is 1. The molecule has 1 aliphatic rings. The van der Waals surface area contributed by atoms with Crippen molar-refractivity contribution in [1.29, 1.82) is 0 Å². The molecule has 0 bridgehead atoms. The highest BCUT2D eigenvalue weighted by atomic mass is 16.5. The Bertz CT molecular complexity index is 525. The van der Waals surface area contributed by atoms with Gasteiger partial charge in [0.2, 0.25) is 0 Å². The number of nitrogens with one attached hydrogen (secondary N) is 1. The Morgan fingerprint density at radius 1 is 1.42 bits per heavy atom. The van der Waals surface area contributed by atoms with Crippen LogP contribution in [0.4, 0.5) is 4.79 Å². The number of carbonyl (C=O) groups is 1. The molecule has 2 rings (SSSR count). The maximum atomic E-state index is 10.7. The van der Waals surface area contributed by atoms with E-state index in [0.717, 1.165) is 17.9 Å². The Balaban J connectivity index is 2.35. The van der Waals surface area contributed by atoms with Crippen LogP contribution in [0.25, 0.3) is 0 Å². The molecule has 3 N–H and O–H groups in total. The Hall–Kier alpha value is -2.04. The van der Waals surface area contributed by atoms with E-state index < -0.39 is 6.03 Å². The second-order valence-electron chi connectivity index (χ2n) is 4.90. The zero-order valence-electron chi connectivity index (χ0n) is 11.4. The molecule has 1 aromatic carbocycles. The van der Waals surface area contributed by atoms with Crippen molar-refractivity contribution in [2.75, 3.05) is 7.11 Å². The van der Waals surface area contributed by atoms with Crippen LogP contribution in [0, 0.1) is 0 Å². The number of amides is 2. The van der Waals surface area contributed by atoms with Crippen molar-refractivity contribution in [2.24, 2.45) is 10.8 Å². The SMILES string of the molecule is COc1ccc2c(c1)C(C)CC(=NNC(N)=O)C2C. The van der Waals surface area contributed by atoms with Crippen LogP contribution in [0.15, 0.2) is 23.3 Å². The number of methoxy groups -OCH3 is 1. The largest absolute Gasteiger partial charge is 0.497 e. The summed E-state index contributed by atoms with van der Waals surface area (Å²) < 4.78 is 5.27. The van der Waals surface area contributed by atoms with Crippen LogP contribution < -0.4 is 15.9 Å². The van der Waals surface area contributed by atoms with Gasteiger partial charge in [-0.25, -0.2) is 10.2 Å². The normalized spacial score (nSPS) is 23.8. The summed E-state index contributed by atoms with van der Waals surface area (Å²) in [6, 6.07) is 5.46. The van der Waals surface area contributed by atoms with Crippen LogP contribution in [0.1, 0.15) is 43.2 Å². The number of urea groups is 1. The van der Waals surface area contributed by atoms with Gasteiger partial charge in [-0.2, -0.15) is 5.10 Å². The van der Waals surface area contributed by atoms with Gasteiger partial charge in [0.15, 0.2) is 0 Å². The fourth-order valence-corrected chi connectivity index (χ4v) is 2.55. The zero-order chi connectivity index (χ0) is 14.0. The molecule has 0 heterocycles. The number of carbonyl (C=O) groups excluding carboxylic acids is 1. The number of rotatable bonds is 2. The van der Waals surface area contributed by atoms with E-state index in [2.05, 4.69) is 36.5 Å². The van der Waals surface area contributed by atoms with Crippen LogP contribution in [-0.2, 0) is 0 Å². The van der Waals surface area contributed by atoms with E-state index in [-0.39, 0.29) is 5.92 Å². The number of ether oxygens (including phenoxy) is 1. The van der Waals surface area contributed by atoms with Crippen LogP contribution >= 0.6 is 0 Å². The van der Waals surface area contributed by atoms with E-state index in [1.54, 1.807) is 7.11 Å². The molecule has 0 aromatic heterocycles. The molecule has 0 saturated heterocycles. The van der Waals surface area contributed by atoms with Gasteiger partial charge in [0.1, 0.15) is 5.75 Å². The molecule has 2 atom stereocenters. The first-order chi connectivity index (χ1) is 9.02. The maximum Gasteiger partial charge on any atom is 0.332 e. The first-order valence-corrected chi connectivity index (χ1v) is 6.32. The van der Waals surface area contributed by atoms with Crippen LogP contribution in [0.2, 0.25) is 0 Å². The van der Waals surface area contributed by atoms with Gasteiger partial charge in [-0.3, -0.25) is 0 Å². The molecule has 5 nitrogen and oxygen atoms in total. The average Bonchev–Trinajstić information content (AvgIpc) is 2.40. The fraction of sp³-hybridized carbons (Fsp3) is 0.429. The number of hydrogen-bond acceptors (Lipinski definition) is 3. The molecule has 0 spiro atoms. The molecule has 2 amide bonds. The topological polar surface area (TPSA) is 76.7 Å². The quantitative estimate of drug-likeness (QED) is 0.801. The molecule has 0 radical (unpaired) electrons. The summed E-state index contributed by atoms with van der Waals surface area (Å²) in [6.07, 6.45) is 0.807. The van der Waals surface area contributed by atoms with E-state index in [1.165, 1.54) is 11.1 Å². The summed E-state index contributed by atoms with van der Waals surface area (Å²) in [7, 11) is 1.67. The third-order valence-electron chi connectivity index (χ3n) is 3.62. The van der Waals surface area contributed by atoms with Gasteiger partial charge in [-0.15, -0.1) is 0 Å². The number of nitrogens with zero attached hydrogens (tertiary/aromatic N) is 1. The van der Waals surface area contributed by atoms with Crippen molar-refractivity contribution in [3.8, 4) is 5.75 Å². The molecule has 0 fully saturated rings. The lowest BCUT2D eigenvalue weighted by atomic mass is 9.77. The minimum absolute atomic E-state index is 0.170. The highest BCUT2D eigenvalue weighted by Gasteiger charge is 2.27. The maximum absolute atomic E-state index is 10.7. The van der Waals surface area contributed by atoms with Crippen LogP contribution in [-0.4, -0.2) is 18.9 Å². The second-order valence-corrected chi connectivity index (χ2v) is 4.90. The van der Waals surface area contributed by atoms with Gasteiger partial charge in [0.25, 0.3) is 0 Å². The van der Waals surface area contributed by atoms with E-state index >= 15 is 0 Å². The number of hydrogen-bond donors (Lipinski definition) is 2. The standard InChI is InChI=1S/C14H19N3O2/c1-8-6-13(16-17-14(15)18)9(2)11-5-4-10(19-3)7-12(8)11/h4-5,7-9H,6H2,1-3H3,(H3,15,17,18). The first kappa shape index (κ1) is 13.4. The molecule has 1 aliphatic carbocycles. The molecule has 0 aliphatic heterocycles. The fourth-order valence-electron chi connectivity index (χ4n) is 2.55. The highest BCUT2D eigenvalue weighted by molar-refractivity contribution is 5.94. The van der Waals surface area contributed by atoms with E-state index in [4.69, 9.17) is 10.5 Å². The van der Waals surface area contributed by atoms with Gasteiger partial charge in [0, 0.05) is 11.6 Å². The summed E-state index contributed by atoms with van der Waals surface area (Å²) in [5, 5.41) is 4.12. The summed E-state index contributed by atoms with van der Waals surface area (Å²) in [5.41, 5.74) is 10.8. The minimum atomic E-state index is -0.632. The number of hydrazone groups is 1. The Morgan fingerprint density at radius 3 is 2.79 bits per heavy atom. The van der Waals surface area contributed by atoms with Crippen molar-refractivity contribution >= 4 is 11.7 Å². The second kappa shape index (κ2) is 5.30. The highest BCUT2D eigenvalue weighted by Crippen LogP contribution is 2.38. The van der Waals surface area contributed by atoms with Gasteiger partial charge in [-0.05, 0) is 35.6 Å². The predicted octanol–water partition coefficient (Wildman–Crippen LogP) is 2.33. The summed E-state index contributed by atoms with van der Waals surface area (Å²) in [5.74, 6) is 1.38. The van der Waals surface area contributed by atoms with Crippen LogP contribution in [0.5, 0.6) is 5.75 Å². The predicted molar refractivity (Wildman–Crippen MR) is 74.6 cm³/mol. The molecule has 102 valence electrons. The number of nitrogens with two attached hydrogens (primary N) is 1. The lowest BCUT2D eigenvalue weighted by molar-refractivity contribution is 0.249. The number of primary amides is 1. The number of fused-ring (bicyclic) bond motifs is 1. The van der Waals surface area contributed by atoms with Crippen molar-refractivity contribution in [2.45, 2.75) is 32.1 Å². The molecular weight excluding hydrogens is 242 g/mol. The summed E-state index contributed by atoms with van der Waals surface area (Å²) in [4.78, 5) is 10.7. The van der Waals surface area contributed by atoms with Gasteiger partial charge >= 0.3 is 6.03 Å². The zero-order valence-corrected chi connectivity index (χ0v) is 11.4. The van der Waals surface area contributed by atoms with Crippen molar-refractivity contribution < 1.29 is 9.53 Å². The third kappa shape index (κ3) is 2.70. The molecule has 19 heavy (non-hydrogen) atoms. The van der Waals surface area contributed by atoms with E-state index in [0.29, 0.717) is 5.92 Å². The molecule has 0 saturated carbocycles. The van der Waals surface area contributed by atoms with E-state index in [1.807, 2.05) is 6.07 Å². The third-order valence-corrected chi connectivity index (χ3v) is 3.62. The van der Waals surface area contributed by atoms with Gasteiger partial charge in [-0.1, -0.05) is 19.9 Å². The Labute approximate surface area is 112 Å². The van der Waals surface area contributed by atoms with Crippen molar-refractivity contribution in [3.05, 3.63) is 29.3 Å². The van der Waals surface area contributed by atoms with Gasteiger partial charge < -0.3 is 10.5 Å². The Kier molecular flexibility index (Phi) is 3.74. The lowest BCUT2D eigenvalue weighted by Crippen LogP contribution is -2.29. The van der Waals surface area contributed by atoms with Crippen molar-refractivity contribution in [1.82, 2.24) is 5.43 Å². The molecular formula is C14H19N3O2. The average molecular weight is 261 g/mol. The lowest BCUT2D eigenvalue weighted by Gasteiger charge is -2.29. The smallest absolute Gasteiger partial charge is 0.332 e.